The fourth-order valence-corrected chi connectivity index (χ4v) is 3.79. The average Bonchev–Trinajstić information content (AvgIpc) is 2.09. The first-order chi connectivity index (χ1) is 6.47. The van der Waals surface area contributed by atoms with Crippen LogP contribution in [-0.4, -0.2) is 19.4 Å². The Morgan fingerprint density at radius 2 is 2.00 bits per heavy atom. The zero-order valence-corrected chi connectivity index (χ0v) is 11.1. The lowest BCUT2D eigenvalue weighted by molar-refractivity contribution is -0.268. The highest BCUT2D eigenvalue weighted by Gasteiger charge is 2.26. The molecule has 1 atom stereocenters. The summed E-state index contributed by atoms with van der Waals surface area (Å²) in [5, 5.41) is 10.2. The van der Waals surface area contributed by atoms with Gasteiger partial charge in [-0.2, -0.15) is 0 Å². The van der Waals surface area contributed by atoms with Crippen molar-refractivity contribution in [2.24, 2.45) is 0 Å². The van der Waals surface area contributed by atoms with E-state index in [0.29, 0.717) is 0 Å². The van der Waals surface area contributed by atoms with Gasteiger partial charge in [-0.05, 0) is 13.3 Å². The largest absolute Gasteiger partial charge is 0.251 e. The smallest absolute Gasteiger partial charge is 0.110 e. The fraction of sp³-hybridized carbons (Fsp3) is 0.818. The Morgan fingerprint density at radius 1 is 1.43 bits per heavy atom. The summed E-state index contributed by atoms with van der Waals surface area (Å²) in [5.41, 5.74) is 0. The van der Waals surface area contributed by atoms with E-state index in [2.05, 4.69) is 37.5 Å². The van der Waals surface area contributed by atoms with Crippen molar-refractivity contribution in [1.29, 1.82) is 0 Å². The molecule has 3 heteroatoms. The molecule has 2 nitrogen and oxygen atoms in total. The molecule has 0 bridgehead atoms. The van der Waals surface area contributed by atoms with Gasteiger partial charge in [-0.25, -0.2) is 4.89 Å². The number of rotatable bonds is 6. The van der Waals surface area contributed by atoms with Crippen LogP contribution in [0.3, 0.4) is 0 Å². The molecule has 0 spiro atoms. The molecule has 0 amide bonds. The quantitative estimate of drug-likeness (QED) is 0.415. The highest BCUT2D eigenvalue weighted by molar-refractivity contribution is 6.83. The zero-order chi connectivity index (χ0) is 11.2. The van der Waals surface area contributed by atoms with Crippen molar-refractivity contribution in [3.05, 3.63) is 11.3 Å². The fourth-order valence-electron chi connectivity index (χ4n) is 1.76. The maximum atomic E-state index is 8.90. The topological polar surface area (TPSA) is 29.5 Å². The van der Waals surface area contributed by atoms with E-state index in [1.165, 1.54) is 5.20 Å². The highest BCUT2D eigenvalue weighted by atomic mass is 28.3. The van der Waals surface area contributed by atoms with Crippen LogP contribution in [0.5, 0.6) is 0 Å². The molecule has 0 aliphatic rings. The number of hydrogen-bond donors (Lipinski definition) is 1. The van der Waals surface area contributed by atoms with Gasteiger partial charge in [-0.3, -0.25) is 5.26 Å². The Hall–Kier alpha value is -0.123. The molecule has 1 N–H and O–H groups in total. The summed E-state index contributed by atoms with van der Waals surface area (Å²) in [6, 6.07) is 0. The van der Waals surface area contributed by atoms with Gasteiger partial charge in [0.2, 0.25) is 0 Å². The molecule has 0 aromatic rings. The van der Waals surface area contributed by atoms with E-state index in [1.54, 1.807) is 0 Å². The van der Waals surface area contributed by atoms with Crippen LogP contribution < -0.4 is 0 Å². The maximum Gasteiger partial charge on any atom is 0.110 e. The van der Waals surface area contributed by atoms with E-state index in [4.69, 9.17) is 5.26 Å². The van der Waals surface area contributed by atoms with Crippen LogP contribution in [0, 0.1) is 0 Å². The minimum atomic E-state index is -1.34. The van der Waals surface area contributed by atoms with E-state index in [9.17, 15) is 0 Å². The van der Waals surface area contributed by atoms with Crippen molar-refractivity contribution in [3.63, 3.8) is 0 Å². The van der Waals surface area contributed by atoms with E-state index >= 15 is 0 Å². The van der Waals surface area contributed by atoms with Gasteiger partial charge in [-0.1, -0.05) is 50.7 Å². The van der Waals surface area contributed by atoms with E-state index < -0.39 is 8.07 Å². The SMILES string of the molecule is C/C=C(/C(CCCC)OO)[Si](C)(C)C. The van der Waals surface area contributed by atoms with Crippen LogP contribution in [0.15, 0.2) is 11.3 Å². The second kappa shape index (κ2) is 6.38. The molecule has 0 aromatic carbocycles. The highest BCUT2D eigenvalue weighted by Crippen LogP contribution is 2.23. The Kier molecular flexibility index (Phi) is 6.32. The molecule has 0 rings (SSSR count). The van der Waals surface area contributed by atoms with Gasteiger partial charge in [0, 0.05) is 0 Å². The van der Waals surface area contributed by atoms with Crippen LogP contribution in [-0.2, 0) is 4.89 Å². The maximum absolute atomic E-state index is 8.90. The van der Waals surface area contributed by atoms with Crippen LogP contribution in [0.2, 0.25) is 19.6 Å². The van der Waals surface area contributed by atoms with Crippen LogP contribution >= 0.6 is 0 Å². The molecule has 0 radical (unpaired) electrons. The molecule has 0 heterocycles. The normalized spacial score (nSPS) is 15.7. The lowest BCUT2D eigenvalue weighted by Crippen LogP contribution is -2.33. The minimum Gasteiger partial charge on any atom is -0.251 e. The van der Waals surface area contributed by atoms with Gasteiger partial charge in [0.15, 0.2) is 0 Å². The predicted octanol–water partition coefficient (Wildman–Crippen LogP) is 3.86. The molecule has 0 saturated heterocycles. The molecule has 0 aliphatic carbocycles. The van der Waals surface area contributed by atoms with Gasteiger partial charge >= 0.3 is 0 Å². The molecule has 1 unspecified atom stereocenters. The first-order valence-corrected chi connectivity index (χ1v) is 8.94. The third-order valence-electron chi connectivity index (χ3n) is 2.47. The van der Waals surface area contributed by atoms with Crippen LogP contribution in [0.25, 0.3) is 0 Å². The predicted molar refractivity (Wildman–Crippen MR) is 64.1 cm³/mol. The summed E-state index contributed by atoms with van der Waals surface area (Å²) in [6.45, 7) is 11.0. The number of unbranched alkanes of at least 4 members (excludes halogenated alkanes) is 1. The zero-order valence-electron chi connectivity index (χ0n) is 10.1. The Bertz CT molecular complexity index is 182. The van der Waals surface area contributed by atoms with Crippen molar-refractivity contribution in [1.82, 2.24) is 0 Å². The van der Waals surface area contributed by atoms with Crippen molar-refractivity contribution in [3.8, 4) is 0 Å². The third kappa shape index (κ3) is 4.40. The summed E-state index contributed by atoms with van der Waals surface area (Å²) < 4.78 is 0. The molecular formula is C11H24O2Si. The molecule has 0 aromatic heterocycles. The van der Waals surface area contributed by atoms with E-state index in [-0.39, 0.29) is 6.10 Å². The minimum absolute atomic E-state index is 0.0772. The van der Waals surface area contributed by atoms with E-state index in [0.717, 1.165) is 19.3 Å². The average molecular weight is 216 g/mol. The first kappa shape index (κ1) is 13.9. The Balaban J connectivity index is 4.48. The molecule has 0 aliphatic heterocycles. The van der Waals surface area contributed by atoms with E-state index in [1.807, 2.05) is 6.92 Å². The molecule has 0 fully saturated rings. The first-order valence-electron chi connectivity index (χ1n) is 5.44. The molecule has 0 saturated carbocycles. The second-order valence-corrected chi connectivity index (χ2v) is 9.81. The van der Waals surface area contributed by atoms with Crippen molar-refractivity contribution in [2.75, 3.05) is 0 Å². The Morgan fingerprint density at radius 3 is 2.29 bits per heavy atom. The second-order valence-electron chi connectivity index (χ2n) is 4.73. The summed E-state index contributed by atoms with van der Waals surface area (Å²) in [5.74, 6) is 0. The van der Waals surface area contributed by atoms with Crippen molar-refractivity contribution in [2.45, 2.75) is 58.9 Å². The van der Waals surface area contributed by atoms with Gasteiger partial charge in [0.1, 0.15) is 6.10 Å². The standard InChI is InChI=1S/C11H24O2Si/c1-6-8-9-10(13-12)11(7-2)14(3,4)5/h7,10,12H,6,8-9H2,1-5H3/b11-7-. The summed E-state index contributed by atoms with van der Waals surface area (Å²) in [6.07, 6.45) is 5.21. The van der Waals surface area contributed by atoms with Gasteiger partial charge in [0.05, 0.1) is 8.07 Å². The van der Waals surface area contributed by atoms with Gasteiger partial charge in [-0.15, -0.1) is 0 Å². The lowest BCUT2D eigenvalue weighted by Gasteiger charge is -2.26. The van der Waals surface area contributed by atoms with Crippen LogP contribution in [0.1, 0.15) is 33.1 Å². The molecule has 14 heavy (non-hydrogen) atoms. The molecular weight excluding hydrogens is 192 g/mol. The number of allylic oxidation sites excluding steroid dienone is 1. The van der Waals surface area contributed by atoms with Gasteiger partial charge < -0.3 is 0 Å². The summed E-state index contributed by atoms with van der Waals surface area (Å²) >= 11 is 0. The lowest BCUT2D eigenvalue weighted by atomic mass is 10.1. The monoisotopic (exact) mass is 216 g/mol. The number of hydrogen-bond acceptors (Lipinski definition) is 2. The van der Waals surface area contributed by atoms with Crippen LogP contribution in [0.4, 0.5) is 0 Å². The molecule has 84 valence electrons. The summed E-state index contributed by atoms with van der Waals surface area (Å²) in [7, 11) is -1.34. The Labute approximate surface area is 88.9 Å². The van der Waals surface area contributed by atoms with Gasteiger partial charge in [0.25, 0.3) is 0 Å². The summed E-state index contributed by atoms with van der Waals surface area (Å²) in [4.78, 5) is 4.60. The third-order valence-corrected chi connectivity index (χ3v) is 4.81. The van der Waals surface area contributed by atoms with Crippen molar-refractivity contribution >= 4 is 8.07 Å². The van der Waals surface area contributed by atoms with Crippen molar-refractivity contribution < 1.29 is 10.1 Å².